The molecule has 1 fully saturated rings. The van der Waals surface area contributed by atoms with Crippen molar-refractivity contribution in [2.45, 2.75) is 31.3 Å². The zero-order valence-corrected chi connectivity index (χ0v) is 11.9. The molecule has 1 aliphatic rings. The van der Waals surface area contributed by atoms with Gasteiger partial charge < -0.3 is 14.2 Å². The van der Waals surface area contributed by atoms with Gasteiger partial charge in [0.1, 0.15) is 0 Å². The van der Waals surface area contributed by atoms with Gasteiger partial charge in [-0.25, -0.2) is 9.97 Å². The van der Waals surface area contributed by atoms with E-state index in [1.165, 1.54) is 26.3 Å². The molecule has 0 N–H and O–H groups in total. The van der Waals surface area contributed by atoms with Crippen molar-refractivity contribution in [2.75, 3.05) is 20.8 Å². The van der Waals surface area contributed by atoms with Crippen LogP contribution in [-0.2, 0) is 14.7 Å². The van der Waals surface area contributed by atoms with Crippen molar-refractivity contribution >= 4 is 12.0 Å². The molecule has 106 valence electrons. The van der Waals surface area contributed by atoms with E-state index >= 15 is 0 Å². The van der Waals surface area contributed by atoms with E-state index in [-0.39, 0.29) is 6.29 Å². The molecular formula is C12H18N2O4S. The molecule has 1 unspecified atom stereocenters. The summed E-state index contributed by atoms with van der Waals surface area (Å²) < 4.78 is 21.2. The SMILES string of the molecule is COc1ncc(CSOC2CCCCO2)nc1OC. The average Bonchev–Trinajstić information content (AvgIpc) is 2.48. The zero-order chi connectivity index (χ0) is 13.5. The third-order valence-corrected chi connectivity index (χ3v) is 3.43. The minimum atomic E-state index is -0.105. The van der Waals surface area contributed by atoms with E-state index in [0.717, 1.165) is 31.6 Å². The average molecular weight is 286 g/mol. The van der Waals surface area contributed by atoms with Crippen LogP contribution < -0.4 is 9.47 Å². The van der Waals surface area contributed by atoms with Crippen LogP contribution in [-0.4, -0.2) is 37.1 Å². The van der Waals surface area contributed by atoms with E-state index in [1.807, 2.05) is 0 Å². The van der Waals surface area contributed by atoms with E-state index in [0.29, 0.717) is 17.5 Å². The Morgan fingerprint density at radius 3 is 2.84 bits per heavy atom. The minimum absolute atomic E-state index is 0.105. The topological polar surface area (TPSA) is 62.7 Å². The summed E-state index contributed by atoms with van der Waals surface area (Å²) >= 11 is 1.32. The molecule has 19 heavy (non-hydrogen) atoms. The molecule has 1 aliphatic heterocycles. The first-order chi connectivity index (χ1) is 9.33. The Balaban J connectivity index is 1.81. The molecule has 2 heterocycles. The van der Waals surface area contributed by atoms with Crippen LogP contribution in [0.4, 0.5) is 0 Å². The van der Waals surface area contributed by atoms with Crippen LogP contribution >= 0.6 is 12.0 Å². The summed E-state index contributed by atoms with van der Waals surface area (Å²) in [6.07, 6.45) is 4.77. The van der Waals surface area contributed by atoms with Crippen LogP contribution in [0.15, 0.2) is 6.20 Å². The second-order valence-corrected chi connectivity index (χ2v) is 4.75. The Bertz CT molecular complexity index is 399. The van der Waals surface area contributed by atoms with Crippen molar-refractivity contribution in [3.8, 4) is 11.8 Å². The summed E-state index contributed by atoms with van der Waals surface area (Å²) in [5, 5.41) is 0. The fraction of sp³-hybridized carbons (Fsp3) is 0.667. The van der Waals surface area contributed by atoms with E-state index in [1.54, 1.807) is 6.20 Å². The molecule has 0 amide bonds. The standard InChI is InChI=1S/C12H18N2O4S/c1-15-11-12(16-2)14-9(7-13-11)8-19-18-10-5-3-4-6-17-10/h7,10H,3-6,8H2,1-2H3. The molecule has 0 aromatic carbocycles. The first kappa shape index (κ1) is 14.4. The second kappa shape index (κ2) is 7.52. The lowest BCUT2D eigenvalue weighted by molar-refractivity contribution is -0.0958. The lowest BCUT2D eigenvalue weighted by Gasteiger charge is -2.21. The monoisotopic (exact) mass is 286 g/mol. The Kier molecular flexibility index (Phi) is 5.68. The Morgan fingerprint density at radius 1 is 1.32 bits per heavy atom. The maximum atomic E-state index is 5.57. The van der Waals surface area contributed by atoms with Crippen LogP contribution in [0.2, 0.25) is 0 Å². The number of aromatic nitrogens is 2. The first-order valence-corrected chi connectivity index (χ1v) is 7.08. The van der Waals surface area contributed by atoms with Gasteiger partial charge in [-0.1, -0.05) is 0 Å². The smallest absolute Gasteiger partial charge is 0.278 e. The summed E-state index contributed by atoms with van der Waals surface area (Å²) in [4.78, 5) is 8.42. The summed E-state index contributed by atoms with van der Waals surface area (Å²) in [7, 11) is 3.07. The van der Waals surface area contributed by atoms with E-state index in [4.69, 9.17) is 18.4 Å². The third-order valence-electron chi connectivity index (χ3n) is 2.67. The van der Waals surface area contributed by atoms with E-state index in [9.17, 15) is 0 Å². The van der Waals surface area contributed by atoms with Crippen molar-refractivity contribution in [1.29, 1.82) is 0 Å². The van der Waals surface area contributed by atoms with Gasteiger partial charge in [-0.15, -0.1) is 0 Å². The number of ether oxygens (including phenoxy) is 3. The molecule has 0 radical (unpaired) electrons. The maximum Gasteiger partial charge on any atom is 0.278 e. The van der Waals surface area contributed by atoms with Crippen LogP contribution in [0, 0.1) is 0 Å². The van der Waals surface area contributed by atoms with Crippen molar-refractivity contribution in [2.24, 2.45) is 0 Å². The lowest BCUT2D eigenvalue weighted by atomic mass is 10.2. The molecule has 2 rings (SSSR count). The summed E-state index contributed by atoms with van der Waals surface area (Å²) in [5.41, 5.74) is 0.776. The predicted molar refractivity (Wildman–Crippen MR) is 71.1 cm³/mol. The normalized spacial score (nSPS) is 19.2. The number of hydrogen-bond acceptors (Lipinski definition) is 7. The highest BCUT2D eigenvalue weighted by molar-refractivity contribution is 7.93. The van der Waals surface area contributed by atoms with Gasteiger partial charge in [0.2, 0.25) is 0 Å². The van der Waals surface area contributed by atoms with Gasteiger partial charge in [0.05, 0.1) is 31.9 Å². The molecule has 1 atom stereocenters. The molecule has 0 spiro atoms. The number of rotatable bonds is 6. The first-order valence-electron chi connectivity index (χ1n) is 6.17. The number of nitrogens with zero attached hydrogens (tertiary/aromatic N) is 2. The van der Waals surface area contributed by atoms with Crippen LogP contribution in [0.25, 0.3) is 0 Å². The summed E-state index contributed by atoms with van der Waals surface area (Å²) in [5.74, 6) is 1.36. The van der Waals surface area contributed by atoms with Gasteiger partial charge in [0.15, 0.2) is 6.29 Å². The van der Waals surface area contributed by atoms with Crippen molar-refractivity contribution in [1.82, 2.24) is 9.97 Å². The molecule has 0 aliphatic carbocycles. The van der Waals surface area contributed by atoms with Gasteiger partial charge in [-0.3, -0.25) is 4.18 Å². The highest BCUT2D eigenvalue weighted by Gasteiger charge is 2.15. The van der Waals surface area contributed by atoms with Gasteiger partial charge in [-0.05, 0) is 19.3 Å². The second-order valence-electron chi connectivity index (χ2n) is 4.03. The quantitative estimate of drug-likeness (QED) is 0.743. The van der Waals surface area contributed by atoms with Crippen LogP contribution in [0.3, 0.4) is 0 Å². The minimum Gasteiger partial charge on any atom is -0.477 e. The van der Waals surface area contributed by atoms with Gasteiger partial charge >= 0.3 is 0 Å². The van der Waals surface area contributed by atoms with Crippen LogP contribution in [0.1, 0.15) is 25.0 Å². The fourth-order valence-corrected chi connectivity index (χ4v) is 2.33. The third kappa shape index (κ3) is 4.22. The van der Waals surface area contributed by atoms with Crippen molar-refractivity contribution in [3.05, 3.63) is 11.9 Å². The Labute approximate surface area is 117 Å². The Morgan fingerprint density at radius 2 is 2.16 bits per heavy atom. The van der Waals surface area contributed by atoms with Crippen molar-refractivity contribution in [3.63, 3.8) is 0 Å². The van der Waals surface area contributed by atoms with E-state index in [2.05, 4.69) is 9.97 Å². The molecule has 1 aromatic heterocycles. The summed E-state index contributed by atoms with van der Waals surface area (Å²) in [6.45, 7) is 0.779. The molecule has 7 heteroatoms. The highest BCUT2D eigenvalue weighted by Crippen LogP contribution is 2.24. The van der Waals surface area contributed by atoms with E-state index < -0.39 is 0 Å². The zero-order valence-electron chi connectivity index (χ0n) is 11.1. The summed E-state index contributed by atoms with van der Waals surface area (Å²) in [6, 6.07) is 0. The van der Waals surface area contributed by atoms with Gasteiger partial charge in [0.25, 0.3) is 11.8 Å². The van der Waals surface area contributed by atoms with Gasteiger partial charge in [0, 0.05) is 18.6 Å². The van der Waals surface area contributed by atoms with Crippen LogP contribution in [0.5, 0.6) is 11.8 Å². The van der Waals surface area contributed by atoms with Gasteiger partial charge in [-0.2, -0.15) is 0 Å². The lowest BCUT2D eigenvalue weighted by Crippen LogP contribution is -2.19. The molecule has 1 aromatic rings. The molecule has 1 saturated heterocycles. The maximum absolute atomic E-state index is 5.57. The molecule has 6 nitrogen and oxygen atoms in total. The highest BCUT2D eigenvalue weighted by atomic mass is 32.2. The number of methoxy groups -OCH3 is 2. The van der Waals surface area contributed by atoms with Crippen molar-refractivity contribution < 1.29 is 18.4 Å². The largest absolute Gasteiger partial charge is 0.477 e. The molecule has 0 bridgehead atoms. The molecule has 0 saturated carbocycles. The molecular weight excluding hydrogens is 268 g/mol. The predicted octanol–water partition coefficient (Wildman–Crippen LogP) is 2.19. The number of hydrogen-bond donors (Lipinski definition) is 0. The fourth-order valence-electron chi connectivity index (χ4n) is 1.70. The Hall–Kier alpha value is -1.05.